The first kappa shape index (κ1) is 10.3. The highest BCUT2D eigenvalue weighted by molar-refractivity contribution is 5.68. The van der Waals surface area contributed by atoms with Gasteiger partial charge in [-0.2, -0.15) is 0 Å². The van der Waals surface area contributed by atoms with E-state index < -0.39 is 0 Å². The van der Waals surface area contributed by atoms with Crippen LogP contribution < -0.4 is 10.2 Å². The molecule has 0 unspecified atom stereocenters. The molecule has 0 radical (unpaired) electrons. The van der Waals surface area contributed by atoms with Crippen LogP contribution in [0.15, 0.2) is 18.5 Å². The van der Waals surface area contributed by atoms with E-state index >= 15 is 0 Å². The normalized spacial score (nSPS) is 15.9. The van der Waals surface area contributed by atoms with E-state index in [1.54, 1.807) is 0 Å². The van der Waals surface area contributed by atoms with E-state index in [0.29, 0.717) is 0 Å². The standard InChI is InChI=1S/C12H19N3/c1-15(2)12-6-7-13-9-11(12)14-8-10-4-3-5-10/h6-7,9-10,14H,3-5,8H2,1-2H3. The van der Waals surface area contributed by atoms with Crippen LogP contribution in [-0.4, -0.2) is 25.6 Å². The van der Waals surface area contributed by atoms with Gasteiger partial charge < -0.3 is 10.2 Å². The van der Waals surface area contributed by atoms with Crippen LogP contribution in [0.4, 0.5) is 11.4 Å². The van der Waals surface area contributed by atoms with Crippen molar-refractivity contribution in [1.82, 2.24) is 4.98 Å². The summed E-state index contributed by atoms with van der Waals surface area (Å²) >= 11 is 0. The van der Waals surface area contributed by atoms with Gasteiger partial charge in [-0.3, -0.25) is 4.98 Å². The minimum atomic E-state index is 0.875. The molecule has 0 aromatic carbocycles. The second kappa shape index (κ2) is 4.51. The van der Waals surface area contributed by atoms with Gasteiger partial charge in [0.2, 0.25) is 0 Å². The molecule has 1 aliphatic rings. The van der Waals surface area contributed by atoms with Crippen molar-refractivity contribution >= 4 is 11.4 Å². The van der Waals surface area contributed by atoms with Crippen molar-refractivity contribution in [3.05, 3.63) is 18.5 Å². The topological polar surface area (TPSA) is 28.2 Å². The van der Waals surface area contributed by atoms with Crippen molar-refractivity contribution in [1.29, 1.82) is 0 Å². The summed E-state index contributed by atoms with van der Waals surface area (Å²) in [4.78, 5) is 6.28. The van der Waals surface area contributed by atoms with E-state index in [2.05, 4.69) is 29.3 Å². The molecule has 0 aliphatic heterocycles. The van der Waals surface area contributed by atoms with Gasteiger partial charge in [-0.1, -0.05) is 6.42 Å². The van der Waals surface area contributed by atoms with Crippen molar-refractivity contribution in [2.45, 2.75) is 19.3 Å². The molecule has 1 aromatic heterocycles. The molecule has 0 atom stereocenters. The Balaban J connectivity index is 1.99. The highest BCUT2D eigenvalue weighted by Crippen LogP contribution is 2.28. The van der Waals surface area contributed by atoms with E-state index in [0.717, 1.165) is 18.2 Å². The zero-order valence-corrected chi connectivity index (χ0v) is 9.53. The fourth-order valence-electron chi connectivity index (χ4n) is 1.86. The molecule has 1 fully saturated rings. The van der Waals surface area contributed by atoms with Gasteiger partial charge in [-0.15, -0.1) is 0 Å². The summed E-state index contributed by atoms with van der Waals surface area (Å²) in [6.07, 6.45) is 7.91. The molecular formula is C12H19N3. The molecule has 1 aliphatic carbocycles. The monoisotopic (exact) mass is 205 g/mol. The van der Waals surface area contributed by atoms with Crippen LogP contribution in [0, 0.1) is 5.92 Å². The lowest BCUT2D eigenvalue weighted by atomic mass is 9.85. The van der Waals surface area contributed by atoms with Gasteiger partial charge in [0.15, 0.2) is 0 Å². The van der Waals surface area contributed by atoms with Gasteiger partial charge in [0.1, 0.15) is 0 Å². The number of hydrogen-bond donors (Lipinski definition) is 1. The summed E-state index contributed by atoms with van der Waals surface area (Å²) in [5.41, 5.74) is 2.36. The first-order chi connectivity index (χ1) is 7.27. The van der Waals surface area contributed by atoms with Gasteiger partial charge in [-0.05, 0) is 24.8 Å². The van der Waals surface area contributed by atoms with Gasteiger partial charge >= 0.3 is 0 Å². The fraction of sp³-hybridized carbons (Fsp3) is 0.583. The number of hydrogen-bond acceptors (Lipinski definition) is 3. The fourth-order valence-corrected chi connectivity index (χ4v) is 1.86. The largest absolute Gasteiger partial charge is 0.382 e. The predicted molar refractivity (Wildman–Crippen MR) is 64.4 cm³/mol. The van der Waals surface area contributed by atoms with E-state index in [1.165, 1.54) is 24.9 Å². The lowest BCUT2D eigenvalue weighted by Crippen LogP contribution is -2.22. The zero-order valence-electron chi connectivity index (χ0n) is 9.53. The van der Waals surface area contributed by atoms with Crippen molar-refractivity contribution in [3.63, 3.8) is 0 Å². The molecule has 1 aromatic rings. The van der Waals surface area contributed by atoms with E-state index in [1.807, 2.05) is 18.5 Å². The first-order valence-corrected chi connectivity index (χ1v) is 5.62. The van der Waals surface area contributed by atoms with Gasteiger partial charge in [-0.25, -0.2) is 0 Å². The van der Waals surface area contributed by atoms with Gasteiger partial charge in [0.25, 0.3) is 0 Å². The summed E-state index contributed by atoms with van der Waals surface area (Å²) in [6, 6.07) is 2.04. The van der Waals surface area contributed by atoms with E-state index in [9.17, 15) is 0 Å². The molecular weight excluding hydrogens is 186 g/mol. The highest BCUT2D eigenvalue weighted by Gasteiger charge is 2.17. The molecule has 1 N–H and O–H groups in total. The Kier molecular flexibility index (Phi) is 3.09. The van der Waals surface area contributed by atoms with Gasteiger partial charge in [0, 0.05) is 26.8 Å². The van der Waals surface area contributed by atoms with Crippen LogP contribution in [0.3, 0.4) is 0 Å². The summed E-state index contributed by atoms with van der Waals surface area (Å²) in [6.45, 7) is 1.09. The predicted octanol–water partition coefficient (Wildman–Crippen LogP) is 2.36. The van der Waals surface area contributed by atoms with Crippen LogP contribution >= 0.6 is 0 Å². The summed E-state index contributed by atoms with van der Waals surface area (Å²) in [5.74, 6) is 0.875. The van der Waals surface area contributed by atoms with Crippen LogP contribution in [-0.2, 0) is 0 Å². The Morgan fingerprint density at radius 3 is 2.87 bits per heavy atom. The number of rotatable bonds is 4. The number of nitrogens with zero attached hydrogens (tertiary/aromatic N) is 2. The molecule has 0 amide bonds. The average molecular weight is 205 g/mol. The third kappa shape index (κ3) is 2.41. The minimum absolute atomic E-state index is 0.875. The molecule has 1 saturated carbocycles. The van der Waals surface area contributed by atoms with Gasteiger partial charge in [0.05, 0.1) is 17.6 Å². The molecule has 3 nitrogen and oxygen atoms in total. The number of anilines is 2. The number of aromatic nitrogens is 1. The Bertz CT molecular complexity index is 318. The maximum Gasteiger partial charge on any atom is 0.0764 e. The maximum absolute atomic E-state index is 4.16. The smallest absolute Gasteiger partial charge is 0.0764 e. The Morgan fingerprint density at radius 1 is 1.47 bits per heavy atom. The molecule has 1 heterocycles. The third-order valence-electron chi connectivity index (χ3n) is 3.09. The van der Waals surface area contributed by atoms with Crippen LogP contribution in [0.25, 0.3) is 0 Å². The molecule has 0 saturated heterocycles. The molecule has 0 spiro atoms. The second-order valence-electron chi connectivity index (χ2n) is 4.47. The highest BCUT2D eigenvalue weighted by atomic mass is 15.1. The van der Waals surface area contributed by atoms with Crippen molar-refractivity contribution in [2.75, 3.05) is 30.9 Å². The number of pyridine rings is 1. The van der Waals surface area contributed by atoms with Crippen molar-refractivity contribution in [3.8, 4) is 0 Å². The SMILES string of the molecule is CN(C)c1ccncc1NCC1CCC1. The lowest BCUT2D eigenvalue weighted by molar-refractivity contribution is 0.333. The Hall–Kier alpha value is -1.25. The third-order valence-corrected chi connectivity index (χ3v) is 3.09. The second-order valence-corrected chi connectivity index (χ2v) is 4.47. The van der Waals surface area contributed by atoms with Crippen LogP contribution in [0.1, 0.15) is 19.3 Å². The molecule has 82 valence electrons. The quantitative estimate of drug-likeness (QED) is 0.818. The lowest BCUT2D eigenvalue weighted by Gasteiger charge is -2.27. The Labute approximate surface area is 91.5 Å². The summed E-state index contributed by atoms with van der Waals surface area (Å²) in [5, 5.41) is 3.49. The molecule has 0 bridgehead atoms. The van der Waals surface area contributed by atoms with Crippen LogP contribution in [0.5, 0.6) is 0 Å². The summed E-state index contributed by atoms with van der Waals surface area (Å²) < 4.78 is 0. The molecule has 3 heteroatoms. The minimum Gasteiger partial charge on any atom is -0.382 e. The van der Waals surface area contributed by atoms with E-state index in [4.69, 9.17) is 0 Å². The first-order valence-electron chi connectivity index (χ1n) is 5.62. The Morgan fingerprint density at radius 2 is 2.27 bits per heavy atom. The molecule has 15 heavy (non-hydrogen) atoms. The van der Waals surface area contributed by atoms with E-state index in [-0.39, 0.29) is 0 Å². The summed E-state index contributed by atoms with van der Waals surface area (Å²) in [7, 11) is 4.12. The average Bonchev–Trinajstić information content (AvgIpc) is 2.16. The maximum atomic E-state index is 4.16. The van der Waals surface area contributed by atoms with Crippen molar-refractivity contribution in [2.24, 2.45) is 5.92 Å². The van der Waals surface area contributed by atoms with Crippen LogP contribution in [0.2, 0.25) is 0 Å². The zero-order chi connectivity index (χ0) is 10.7. The molecule has 2 rings (SSSR count). The number of nitrogens with one attached hydrogen (secondary N) is 1. The van der Waals surface area contributed by atoms with Crippen molar-refractivity contribution < 1.29 is 0 Å².